The summed E-state index contributed by atoms with van der Waals surface area (Å²) >= 11 is 0. The van der Waals surface area contributed by atoms with E-state index in [2.05, 4.69) is 168 Å². The molecule has 0 bridgehead atoms. The molecule has 51 heavy (non-hydrogen) atoms. The highest BCUT2D eigenvalue weighted by Gasteiger charge is 2.22. The molecule has 5 aromatic carbocycles. The second kappa shape index (κ2) is 12.2. The number of fused-ring (bicyclic) bond motifs is 4. The summed E-state index contributed by atoms with van der Waals surface area (Å²) in [6.07, 6.45) is 15.5. The second-order valence-electron chi connectivity index (χ2n) is 13.5. The maximum absolute atomic E-state index is 5.38. The highest BCUT2D eigenvalue weighted by Crippen LogP contribution is 2.45. The SMILES string of the molecule is C1=CC(c2ccc(-c3ccccc3)n2-c2ccc3c(-c4ccc5ccccc5n4)c4ccccc4c(-c4ccc5c(n4)CCC=C5)c3c2)=CCC1. The van der Waals surface area contributed by atoms with Crippen LogP contribution in [0.3, 0.4) is 0 Å². The summed E-state index contributed by atoms with van der Waals surface area (Å²) in [7, 11) is 0. The molecule has 10 rings (SSSR count). The minimum atomic E-state index is 0.954. The Labute approximate surface area is 297 Å². The molecule has 0 atom stereocenters. The molecule has 0 amide bonds. The predicted molar refractivity (Wildman–Crippen MR) is 214 cm³/mol. The summed E-state index contributed by atoms with van der Waals surface area (Å²) in [5.74, 6) is 0. The normalized spacial score (nSPS) is 13.9. The smallest absolute Gasteiger partial charge is 0.0722 e. The molecule has 0 N–H and O–H groups in total. The van der Waals surface area contributed by atoms with Crippen LogP contribution < -0.4 is 0 Å². The van der Waals surface area contributed by atoms with Gasteiger partial charge >= 0.3 is 0 Å². The van der Waals surface area contributed by atoms with Crippen molar-refractivity contribution in [3.63, 3.8) is 0 Å². The number of pyridine rings is 2. The van der Waals surface area contributed by atoms with Gasteiger partial charge in [-0.2, -0.15) is 0 Å². The molecule has 3 nitrogen and oxygen atoms in total. The average molecular weight is 654 g/mol. The van der Waals surface area contributed by atoms with E-state index in [0.29, 0.717) is 0 Å². The average Bonchev–Trinajstić information content (AvgIpc) is 3.65. The third-order valence-electron chi connectivity index (χ3n) is 10.5. The van der Waals surface area contributed by atoms with Gasteiger partial charge < -0.3 is 4.57 Å². The van der Waals surface area contributed by atoms with Gasteiger partial charge in [0, 0.05) is 27.9 Å². The first-order valence-electron chi connectivity index (χ1n) is 18.0. The van der Waals surface area contributed by atoms with E-state index in [0.717, 1.165) is 64.8 Å². The number of benzene rings is 5. The zero-order chi connectivity index (χ0) is 33.7. The lowest BCUT2D eigenvalue weighted by atomic mass is 9.87. The number of para-hydroxylation sites is 1. The molecule has 3 heterocycles. The monoisotopic (exact) mass is 653 g/mol. The number of aromatic nitrogens is 3. The lowest BCUT2D eigenvalue weighted by molar-refractivity contribution is 0.930. The predicted octanol–water partition coefficient (Wildman–Crippen LogP) is 12.4. The van der Waals surface area contributed by atoms with E-state index in [1.54, 1.807) is 0 Å². The molecule has 2 aliphatic carbocycles. The zero-order valence-electron chi connectivity index (χ0n) is 28.3. The number of allylic oxidation sites excluding steroid dienone is 5. The number of aryl methyl sites for hydroxylation is 1. The summed E-state index contributed by atoms with van der Waals surface area (Å²) in [6.45, 7) is 0. The van der Waals surface area contributed by atoms with Crippen LogP contribution in [-0.2, 0) is 6.42 Å². The number of rotatable bonds is 5. The van der Waals surface area contributed by atoms with Gasteiger partial charge in [-0.3, -0.25) is 4.98 Å². The van der Waals surface area contributed by atoms with E-state index in [1.165, 1.54) is 55.3 Å². The van der Waals surface area contributed by atoms with Gasteiger partial charge in [-0.05, 0) is 106 Å². The topological polar surface area (TPSA) is 30.7 Å². The second-order valence-corrected chi connectivity index (χ2v) is 13.5. The van der Waals surface area contributed by atoms with Gasteiger partial charge in [-0.25, -0.2) is 4.98 Å². The third kappa shape index (κ3) is 5.04. The molecule has 0 radical (unpaired) electrons. The van der Waals surface area contributed by atoms with E-state index in [4.69, 9.17) is 9.97 Å². The standard InChI is InChI=1S/C48H35N3/c1-3-15-34(16-4-1)45-29-30-46(35-17-5-2-6-18-35)51(45)36-25-26-39-40(31-36)48(44-28-24-33-14-8-12-22-42(33)50-44)38-20-10-9-19-37(38)47(39)43-27-23-32-13-7-11-21-41(32)49-43/h1,3-5,7-11,13-21,23-31H,2,6,12,22H2. The van der Waals surface area contributed by atoms with Crippen LogP contribution in [0, 0.1) is 0 Å². The summed E-state index contributed by atoms with van der Waals surface area (Å²) in [5.41, 5.74) is 13.6. The van der Waals surface area contributed by atoms with Crippen LogP contribution >= 0.6 is 0 Å². The van der Waals surface area contributed by atoms with Crippen LogP contribution in [-0.4, -0.2) is 14.5 Å². The molecule has 8 aromatic rings. The van der Waals surface area contributed by atoms with Crippen LogP contribution in [0.1, 0.15) is 36.2 Å². The van der Waals surface area contributed by atoms with Gasteiger partial charge in [0.1, 0.15) is 0 Å². The van der Waals surface area contributed by atoms with E-state index < -0.39 is 0 Å². The Kier molecular flexibility index (Phi) is 7.09. The van der Waals surface area contributed by atoms with Crippen molar-refractivity contribution in [3.8, 4) is 39.5 Å². The Balaban J connectivity index is 1.31. The minimum Gasteiger partial charge on any atom is -0.309 e. The molecule has 2 aliphatic rings. The molecule has 0 spiro atoms. The van der Waals surface area contributed by atoms with Crippen molar-refractivity contribution in [2.45, 2.75) is 25.7 Å². The van der Waals surface area contributed by atoms with Crippen molar-refractivity contribution >= 4 is 44.1 Å². The van der Waals surface area contributed by atoms with E-state index >= 15 is 0 Å². The largest absolute Gasteiger partial charge is 0.309 e. The first-order chi connectivity index (χ1) is 25.3. The molecule has 0 aliphatic heterocycles. The van der Waals surface area contributed by atoms with Crippen molar-refractivity contribution in [2.75, 3.05) is 0 Å². The number of hydrogen-bond acceptors (Lipinski definition) is 2. The van der Waals surface area contributed by atoms with Crippen molar-refractivity contribution < 1.29 is 0 Å². The zero-order valence-corrected chi connectivity index (χ0v) is 28.3. The van der Waals surface area contributed by atoms with Crippen molar-refractivity contribution in [3.05, 3.63) is 175 Å². The maximum atomic E-state index is 5.38. The molecule has 3 heteroatoms. The van der Waals surface area contributed by atoms with Crippen LogP contribution in [0.2, 0.25) is 0 Å². The van der Waals surface area contributed by atoms with Gasteiger partial charge in [0.05, 0.1) is 28.3 Å². The first kappa shape index (κ1) is 29.6. The van der Waals surface area contributed by atoms with Crippen molar-refractivity contribution in [1.82, 2.24) is 14.5 Å². The summed E-state index contributed by atoms with van der Waals surface area (Å²) in [6, 6.07) is 48.3. The van der Waals surface area contributed by atoms with Gasteiger partial charge in [0.15, 0.2) is 0 Å². The van der Waals surface area contributed by atoms with Crippen molar-refractivity contribution in [2.24, 2.45) is 0 Å². The molecule has 0 saturated heterocycles. The highest BCUT2D eigenvalue weighted by atomic mass is 15.0. The molecular formula is C48H35N3. The fourth-order valence-electron chi connectivity index (χ4n) is 8.07. The van der Waals surface area contributed by atoms with Gasteiger partial charge in [-0.15, -0.1) is 0 Å². The molecular weight excluding hydrogens is 619 g/mol. The number of hydrogen-bond donors (Lipinski definition) is 0. The first-order valence-corrected chi connectivity index (χ1v) is 18.0. The van der Waals surface area contributed by atoms with Gasteiger partial charge in [0.25, 0.3) is 0 Å². The Morgan fingerprint density at radius 2 is 1.24 bits per heavy atom. The van der Waals surface area contributed by atoms with Crippen molar-refractivity contribution in [1.29, 1.82) is 0 Å². The van der Waals surface area contributed by atoms with Crippen LogP contribution in [0.15, 0.2) is 158 Å². The molecule has 0 fully saturated rings. The maximum Gasteiger partial charge on any atom is 0.0722 e. The Morgan fingerprint density at radius 3 is 2.10 bits per heavy atom. The van der Waals surface area contributed by atoms with Gasteiger partial charge in [0.2, 0.25) is 0 Å². The molecule has 0 unspecified atom stereocenters. The van der Waals surface area contributed by atoms with Crippen LogP contribution in [0.25, 0.3) is 83.6 Å². The summed E-state index contributed by atoms with van der Waals surface area (Å²) in [4.78, 5) is 10.6. The van der Waals surface area contributed by atoms with Gasteiger partial charge in [-0.1, -0.05) is 121 Å². The number of nitrogens with zero attached hydrogens (tertiary/aromatic N) is 3. The Bertz CT molecular complexity index is 2740. The molecule has 242 valence electrons. The van der Waals surface area contributed by atoms with Crippen LogP contribution in [0.4, 0.5) is 0 Å². The van der Waals surface area contributed by atoms with Crippen LogP contribution in [0.5, 0.6) is 0 Å². The summed E-state index contributed by atoms with van der Waals surface area (Å²) in [5, 5.41) is 5.84. The van der Waals surface area contributed by atoms with E-state index in [9.17, 15) is 0 Å². The molecule has 3 aromatic heterocycles. The Hall–Kier alpha value is -6.32. The summed E-state index contributed by atoms with van der Waals surface area (Å²) < 4.78 is 2.44. The molecule has 0 saturated carbocycles. The lowest BCUT2D eigenvalue weighted by Gasteiger charge is -2.21. The fraction of sp³-hybridized carbons (Fsp3) is 0.0833. The lowest BCUT2D eigenvalue weighted by Crippen LogP contribution is -2.03. The highest BCUT2D eigenvalue weighted by molar-refractivity contribution is 6.21. The Morgan fingerprint density at radius 1 is 0.510 bits per heavy atom. The fourth-order valence-corrected chi connectivity index (χ4v) is 8.07. The third-order valence-corrected chi connectivity index (χ3v) is 10.5. The minimum absolute atomic E-state index is 0.954. The van der Waals surface area contributed by atoms with E-state index in [-0.39, 0.29) is 0 Å². The quantitative estimate of drug-likeness (QED) is 0.173. The van der Waals surface area contributed by atoms with E-state index in [1.807, 2.05) is 0 Å².